The molecule has 0 atom stereocenters. The molecule has 0 rings (SSSR count). The number of allylic oxidation sites excluding steroid dienone is 1. The molecule has 0 spiro atoms. The summed E-state index contributed by atoms with van der Waals surface area (Å²) in [5.74, 6) is 0. The van der Waals surface area contributed by atoms with Gasteiger partial charge in [-0.25, -0.2) is 0 Å². The predicted molar refractivity (Wildman–Crippen MR) is 33.3 cm³/mol. The fraction of sp³-hybridized carbons (Fsp3) is 0. The molecule has 0 aliphatic rings. The van der Waals surface area contributed by atoms with E-state index in [9.17, 15) is 0 Å². The molecule has 0 N–H and O–H groups in total. The number of rotatable bonds is 0. The number of hydrogen-bond acceptors (Lipinski definition) is 1. The molecule has 1 nitrogen and oxygen atoms in total. The monoisotopic (exact) mass is 199 g/mol. The van der Waals surface area contributed by atoms with Gasteiger partial charge >= 0.3 is 0 Å². The summed E-state index contributed by atoms with van der Waals surface area (Å²) < 4.78 is 0.150. The van der Waals surface area contributed by atoms with Crippen molar-refractivity contribution in [2.75, 3.05) is 0 Å². The maximum Gasteiger partial charge on any atom is 0.143 e. The fourth-order valence-corrected chi connectivity index (χ4v) is 0.173. The SMILES string of the molecule is N#C/C(Cl)=C(\Cl)Br. The van der Waals surface area contributed by atoms with Crippen LogP contribution in [0.4, 0.5) is 0 Å². The lowest BCUT2D eigenvalue weighted by Gasteiger charge is -1.76. The van der Waals surface area contributed by atoms with Crippen LogP contribution < -0.4 is 0 Å². The van der Waals surface area contributed by atoms with Crippen LogP contribution >= 0.6 is 39.1 Å². The zero-order valence-electron chi connectivity index (χ0n) is 3.08. The second kappa shape index (κ2) is 3.31. The van der Waals surface area contributed by atoms with Gasteiger partial charge in [0.1, 0.15) is 15.0 Å². The molecule has 0 aromatic carbocycles. The molecular weight excluding hydrogens is 201 g/mol. The molecule has 0 saturated carbocycles. The number of hydrogen-bond donors (Lipinski definition) is 0. The highest BCUT2D eigenvalue weighted by atomic mass is 79.9. The molecule has 0 aliphatic heterocycles. The van der Waals surface area contributed by atoms with Gasteiger partial charge in [0, 0.05) is 0 Å². The number of halogens is 3. The van der Waals surface area contributed by atoms with Gasteiger partial charge in [0.15, 0.2) is 0 Å². The van der Waals surface area contributed by atoms with Crippen LogP contribution in [-0.2, 0) is 0 Å². The van der Waals surface area contributed by atoms with E-state index in [0.717, 1.165) is 0 Å². The van der Waals surface area contributed by atoms with Crippen LogP contribution in [0.1, 0.15) is 0 Å². The minimum atomic E-state index is -0.0262. The molecule has 0 aliphatic carbocycles. The molecule has 0 aromatic heterocycles. The molecule has 0 unspecified atom stereocenters. The molecule has 0 radical (unpaired) electrons. The maximum atomic E-state index is 7.95. The third kappa shape index (κ3) is 2.93. The van der Waals surface area contributed by atoms with E-state index in [1.807, 2.05) is 0 Å². The minimum absolute atomic E-state index is 0.0262. The van der Waals surface area contributed by atoms with Gasteiger partial charge in [-0.2, -0.15) is 5.26 Å². The van der Waals surface area contributed by atoms with Crippen molar-refractivity contribution in [1.29, 1.82) is 5.26 Å². The van der Waals surface area contributed by atoms with Crippen molar-refractivity contribution in [1.82, 2.24) is 0 Å². The van der Waals surface area contributed by atoms with Gasteiger partial charge in [-0.1, -0.05) is 23.2 Å². The Morgan fingerprint density at radius 1 is 1.57 bits per heavy atom. The van der Waals surface area contributed by atoms with Crippen molar-refractivity contribution in [2.24, 2.45) is 0 Å². The fourth-order valence-electron chi connectivity index (χ4n) is 0.0423. The topological polar surface area (TPSA) is 23.8 Å². The summed E-state index contributed by atoms with van der Waals surface area (Å²) in [5.41, 5.74) is 0. The number of nitriles is 1. The second-order valence-electron chi connectivity index (χ2n) is 0.686. The van der Waals surface area contributed by atoms with Crippen molar-refractivity contribution >= 4 is 39.1 Å². The van der Waals surface area contributed by atoms with Gasteiger partial charge in [-0.15, -0.1) is 0 Å². The van der Waals surface area contributed by atoms with E-state index >= 15 is 0 Å². The summed E-state index contributed by atoms with van der Waals surface area (Å²) in [5, 5.41) is 7.92. The highest BCUT2D eigenvalue weighted by Crippen LogP contribution is 2.18. The standard InChI is InChI=1S/C3BrCl2N/c4-3(6)2(5)1-7/b3-2+. The van der Waals surface area contributed by atoms with E-state index in [0.29, 0.717) is 0 Å². The van der Waals surface area contributed by atoms with E-state index < -0.39 is 0 Å². The summed E-state index contributed by atoms with van der Waals surface area (Å²) in [4.78, 5) is 0. The lowest BCUT2D eigenvalue weighted by atomic mass is 10.7. The zero-order chi connectivity index (χ0) is 5.86. The van der Waals surface area contributed by atoms with Crippen LogP contribution in [0.2, 0.25) is 0 Å². The summed E-state index contributed by atoms with van der Waals surface area (Å²) in [7, 11) is 0. The van der Waals surface area contributed by atoms with Crippen LogP contribution in [0.3, 0.4) is 0 Å². The summed E-state index contributed by atoms with van der Waals surface area (Å²) >= 11 is 13.1. The molecule has 4 heteroatoms. The van der Waals surface area contributed by atoms with Crippen LogP contribution in [0.15, 0.2) is 8.97 Å². The minimum Gasteiger partial charge on any atom is -0.191 e. The smallest absolute Gasteiger partial charge is 0.143 e. The van der Waals surface area contributed by atoms with Gasteiger partial charge in [0.2, 0.25) is 0 Å². The Morgan fingerprint density at radius 2 is 2.00 bits per heavy atom. The molecular formula is C3BrCl2N. The van der Waals surface area contributed by atoms with Gasteiger partial charge in [0.25, 0.3) is 0 Å². The van der Waals surface area contributed by atoms with E-state index in [1.54, 1.807) is 6.07 Å². The Hall–Kier alpha value is 0.290. The quantitative estimate of drug-likeness (QED) is 0.552. The van der Waals surface area contributed by atoms with Gasteiger partial charge in [0.05, 0.1) is 0 Å². The second-order valence-corrected chi connectivity index (χ2v) is 2.69. The number of nitrogens with zero attached hydrogens (tertiary/aromatic N) is 1. The highest BCUT2D eigenvalue weighted by molar-refractivity contribution is 9.12. The summed E-state index contributed by atoms with van der Waals surface area (Å²) in [6.45, 7) is 0. The Kier molecular flexibility index (Phi) is 3.45. The normalized spacial score (nSPS) is 12.3. The molecule has 38 valence electrons. The van der Waals surface area contributed by atoms with Crippen molar-refractivity contribution in [2.45, 2.75) is 0 Å². The van der Waals surface area contributed by atoms with Crippen LogP contribution in [0.5, 0.6) is 0 Å². The summed E-state index contributed by atoms with van der Waals surface area (Å²) in [6.07, 6.45) is 0. The lowest BCUT2D eigenvalue weighted by Crippen LogP contribution is -1.58. The molecule has 0 aromatic rings. The van der Waals surface area contributed by atoms with Crippen molar-refractivity contribution < 1.29 is 0 Å². The Balaban J connectivity index is 4.07. The zero-order valence-corrected chi connectivity index (χ0v) is 6.18. The first-order valence-corrected chi connectivity index (χ1v) is 2.84. The maximum absolute atomic E-state index is 7.95. The van der Waals surface area contributed by atoms with Crippen molar-refractivity contribution in [3.8, 4) is 6.07 Å². The van der Waals surface area contributed by atoms with Crippen molar-refractivity contribution in [3.63, 3.8) is 0 Å². The van der Waals surface area contributed by atoms with E-state index in [4.69, 9.17) is 28.5 Å². The third-order valence-corrected chi connectivity index (χ3v) is 1.45. The van der Waals surface area contributed by atoms with Crippen LogP contribution in [-0.4, -0.2) is 0 Å². The first-order valence-electron chi connectivity index (χ1n) is 1.29. The Bertz CT molecular complexity index is 130. The van der Waals surface area contributed by atoms with Gasteiger partial charge in [-0.3, -0.25) is 0 Å². The molecule has 0 saturated heterocycles. The molecule has 0 bridgehead atoms. The Morgan fingerprint density at radius 3 is 2.00 bits per heavy atom. The average Bonchev–Trinajstić information content (AvgIpc) is 1.65. The largest absolute Gasteiger partial charge is 0.191 e. The molecule has 0 heterocycles. The van der Waals surface area contributed by atoms with Crippen molar-refractivity contribution in [3.05, 3.63) is 8.97 Å². The molecule has 0 amide bonds. The Labute approximate surface area is 59.6 Å². The average molecular weight is 201 g/mol. The first-order chi connectivity index (χ1) is 3.18. The highest BCUT2D eigenvalue weighted by Gasteiger charge is 1.91. The van der Waals surface area contributed by atoms with Crippen LogP contribution in [0, 0.1) is 11.3 Å². The van der Waals surface area contributed by atoms with E-state index in [1.165, 1.54) is 0 Å². The van der Waals surface area contributed by atoms with Crippen LogP contribution in [0.25, 0.3) is 0 Å². The first kappa shape index (κ1) is 7.29. The van der Waals surface area contributed by atoms with Gasteiger partial charge < -0.3 is 0 Å². The van der Waals surface area contributed by atoms with E-state index in [2.05, 4.69) is 15.9 Å². The summed E-state index contributed by atoms with van der Waals surface area (Å²) in [6, 6.07) is 1.63. The van der Waals surface area contributed by atoms with Gasteiger partial charge in [-0.05, 0) is 15.9 Å². The molecule has 7 heavy (non-hydrogen) atoms. The lowest BCUT2D eigenvalue weighted by molar-refractivity contribution is 1.53. The van der Waals surface area contributed by atoms with E-state index in [-0.39, 0.29) is 8.97 Å². The predicted octanol–water partition coefficient (Wildman–Crippen LogP) is 2.55. The molecule has 0 fully saturated rings. The third-order valence-electron chi connectivity index (χ3n) is 0.264.